The fraction of sp³-hybridized carbons (Fsp3) is 0.125. The second-order valence-electron chi connectivity index (χ2n) is 5.09. The predicted octanol–water partition coefficient (Wildman–Crippen LogP) is 1.68. The Morgan fingerprint density at radius 1 is 1.00 bits per heavy atom. The molecule has 104 valence electrons. The summed E-state index contributed by atoms with van der Waals surface area (Å²) >= 11 is 0. The maximum atomic E-state index is 12.7. The van der Waals surface area contributed by atoms with E-state index in [0.29, 0.717) is 0 Å². The fourth-order valence-corrected chi connectivity index (χ4v) is 2.81. The molecule has 5 heteroatoms. The van der Waals surface area contributed by atoms with E-state index in [9.17, 15) is 4.79 Å². The molecule has 0 radical (unpaired) electrons. The number of nitrogens with one attached hydrogen (secondary N) is 2. The number of carbonyl (C=O) groups excluding carboxylic acids is 1. The molecule has 2 aromatic rings. The molecule has 1 saturated heterocycles. The van der Waals surface area contributed by atoms with Gasteiger partial charge in [-0.2, -0.15) is 0 Å². The number of pyridine rings is 1. The van der Waals surface area contributed by atoms with Gasteiger partial charge in [0.05, 0.1) is 0 Å². The molecule has 0 spiro atoms. The van der Waals surface area contributed by atoms with Crippen molar-refractivity contribution in [2.75, 3.05) is 0 Å². The zero-order valence-electron chi connectivity index (χ0n) is 11.2. The Kier molecular flexibility index (Phi) is 2.80. The summed E-state index contributed by atoms with van der Waals surface area (Å²) in [5.74, 6) is 0.0691. The maximum Gasteiger partial charge on any atom is 0.201 e. The first-order valence-corrected chi connectivity index (χ1v) is 6.84. The Morgan fingerprint density at radius 3 is 2.62 bits per heavy atom. The van der Waals surface area contributed by atoms with Crippen LogP contribution in [0.2, 0.25) is 0 Å². The molecule has 1 aromatic carbocycles. The summed E-state index contributed by atoms with van der Waals surface area (Å²) in [5, 5.41) is 0. The predicted molar refractivity (Wildman–Crippen MR) is 78.7 cm³/mol. The number of carbonyl (C=O) groups is 1. The zero-order chi connectivity index (χ0) is 14.2. The molecule has 1 fully saturated rings. The molecule has 0 saturated carbocycles. The van der Waals surface area contributed by atoms with Gasteiger partial charge >= 0.3 is 0 Å². The normalized spacial score (nSPS) is 23.6. The van der Waals surface area contributed by atoms with Crippen molar-refractivity contribution in [3.63, 3.8) is 0 Å². The van der Waals surface area contributed by atoms with Crippen LogP contribution in [0.4, 0.5) is 0 Å². The van der Waals surface area contributed by atoms with Gasteiger partial charge in [-0.05, 0) is 29.3 Å². The number of hydrogen-bond donors (Lipinski definition) is 2. The lowest BCUT2D eigenvalue weighted by atomic mass is 10.0. The molecular weight excluding hydrogens is 264 g/mol. The van der Waals surface area contributed by atoms with E-state index in [1.165, 1.54) is 0 Å². The smallest absolute Gasteiger partial charge is 0.201 e. The average molecular weight is 278 g/mol. The molecule has 0 amide bonds. The Morgan fingerprint density at radius 2 is 1.76 bits per heavy atom. The number of fused-ring (bicyclic) bond motifs is 2. The number of hydrazine groups is 1. The highest BCUT2D eigenvalue weighted by atomic mass is 16.1. The minimum absolute atomic E-state index is 0.0691. The van der Waals surface area contributed by atoms with E-state index in [1.54, 1.807) is 12.4 Å². The van der Waals surface area contributed by atoms with Crippen molar-refractivity contribution >= 4 is 11.9 Å². The van der Waals surface area contributed by atoms with E-state index in [1.807, 2.05) is 53.6 Å². The lowest BCUT2D eigenvalue weighted by Gasteiger charge is -2.24. The molecule has 21 heavy (non-hydrogen) atoms. The highest BCUT2D eigenvalue weighted by Crippen LogP contribution is 2.29. The first-order chi connectivity index (χ1) is 10.3. The Hall–Kier alpha value is -2.50. The minimum atomic E-state index is -0.400. The van der Waals surface area contributed by atoms with Crippen molar-refractivity contribution < 1.29 is 4.79 Å². The quantitative estimate of drug-likeness (QED) is 0.831. The molecule has 2 unspecified atom stereocenters. The van der Waals surface area contributed by atoms with Crippen molar-refractivity contribution in [3.8, 4) is 0 Å². The van der Waals surface area contributed by atoms with Gasteiger partial charge in [-0.1, -0.05) is 24.3 Å². The topological polar surface area (TPSA) is 57.3 Å². The van der Waals surface area contributed by atoms with Crippen molar-refractivity contribution in [1.82, 2.24) is 20.7 Å². The van der Waals surface area contributed by atoms with Gasteiger partial charge in [-0.15, -0.1) is 0 Å². The third-order valence-electron chi connectivity index (χ3n) is 3.88. The van der Waals surface area contributed by atoms with Crippen molar-refractivity contribution in [2.24, 2.45) is 0 Å². The van der Waals surface area contributed by atoms with Crippen LogP contribution < -0.4 is 10.9 Å². The summed E-state index contributed by atoms with van der Waals surface area (Å²) in [6.07, 6.45) is 6.96. The molecule has 2 aliphatic rings. The summed E-state index contributed by atoms with van der Waals surface area (Å²) in [7, 11) is 0. The number of ketones is 1. The Bertz CT molecular complexity index is 713. The standard InChI is InChI=1S/C16H14N4O/c21-14-13-4-2-1-3-11(13)7-10-20-15(18-19-16(14)20)12-5-8-17-9-6-12/h1-10,15-16,18-19H. The van der Waals surface area contributed by atoms with Gasteiger partial charge in [0.1, 0.15) is 6.17 Å². The van der Waals surface area contributed by atoms with Crippen LogP contribution in [0.3, 0.4) is 0 Å². The first kappa shape index (κ1) is 12.3. The van der Waals surface area contributed by atoms with E-state index < -0.39 is 6.17 Å². The monoisotopic (exact) mass is 278 g/mol. The highest BCUT2D eigenvalue weighted by molar-refractivity contribution is 6.03. The molecule has 5 nitrogen and oxygen atoms in total. The van der Waals surface area contributed by atoms with Crippen LogP contribution in [0.1, 0.15) is 27.7 Å². The average Bonchev–Trinajstić information content (AvgIpc) is 2.91. The second kappa shape index (κ2) is 4.80. The zero-order valence-corrected chi connectivity index (χ0v) is 11.2. The summed E-state index contributed by atoms with van der Waals surface area (Å²) in [5.41, 5.74) is 9.02. The lowest BCUT2D eigenvalue weighted by Crippen LogP contribution is -2.41. The third kappa shape index (κ3) is 1.94. The number of Topliss-reactive ketones (excluding diaryl/α,β-unsaturated/α-hetero) is 1. The molecule has 2 N–H and O–H groups in total. The molecule has 2 atom stereocenters. The van der Waals surface area contributed by atoms with Crippen molar-refractivity contribution in [2.45, 2.75) is 12.3 Å². The van der Waals surface area contributed by atoms with Gasteiger partial charge in [0, 0.05) is 24.2 Å². The van der Waals surface area contributed by atoms with Crippen LogP contribution in [-0.2, 0) is 0 Å². The number of hydrogen-bond acceptors (Lipinski definition) is 5. The number of rotatable bonds is 1. The fourth-order valence-electron chi connectivity index (χ4n) is 2.81. The van der Waals surface area contributed by atoms with Crippen LogP contribution in [0.25, 0.3) is 6.08 Å². The summed E-state index contributed by atoms with van der Waals surface area (Å²) in [6.45, 7) is 0. The van der Waals surface area contributed by atoms with Crippen molar-refractivity contribution in [3.05, 3.63) is 71.7 Å². The van der Waals surface area contributed by atoms with Crippen molar-refractivity contribution in [1.29, 1.82) is 0 Å². The highest BCUT2D eigenvalue weighted by Gasteiger charge is 2.38. The summed E-state index contributed by atoms with van der Waals surface area (Å²) in [4.78, 5) is 18.7. The van der Waals surface area contributed by atoms with Crippen LogP contribution in [0.15, 0.2) is 55.0 Å². The number of benzene rings is 1. The van der Waals surface area contributed by atoms with E-state index in [-0.39, 0.29) is 11.9 Å². The van der Waals surface area contributed by atoms with Crippen LogP contribution in [0, 0.1) is 0 Å². The molecule has 2 aliphatic heterocycles. The van der Waals surface area contributed by atoms with Crippen LogP contribution in [0.5, 0.6) is 0 Å². The first-order valence-electron chi connectivity index (χ1n) is 6.84. The minimum Gasteiger partial charge on any atom is -0.334 e. The number of aromatic nitrogens is 1. The van der Waals surface area contributed by atoms with Gasteiger partial charge in [-0.3, -0.25) is 9.78 Å². The lowest BCUT2D eigenvalue weighted by molar-refractivity contribution is 0.0874. The molecule has 1 aromatic heterocycles. The summed E-state index contributed by atoms with van der Waals surface area (Å²) in [6, 6.07) is 11.5. The van der Waals surface area contributed by atoms with E-state index in [4.69, 9.17) is 0 Å². The second-order valence-corrected chi connectivity index (χ2v) is 5.09. The summed E-state index contributed by atoms with van der Waals surface area (Å²) < 4.78 is 0. The van der Waals surface area contributed by atoms with Gasteiger partial charge < -0.3 is 4.90 Å². The molecule has 3 heterocycles. The van der Waals surface area contributed by atoms with Gasteiger partial charge in [0.25, 0.3) is 0 Å². The van der Waals surface area contributed by atoms with Crippen LogP contribution >= 0.6 is 0 Å². The number of nitrogens with zero attached hydrogens (tertiary/aromatic N) is 2. The molecule has 4 rings (SSSR count). The van der Waals surface area contributed by atoms with Gasteiger partial charge in [0.2, 0.25) is 5.78 Å². The SMILES string of the molecule is O=C1c2ccccc2C=CN2C1NNC2c1ccncc1. The molecule has 0 bridgehead atoms. The van der Waals surface area contributed by atoms with E-state index >= 15 is 0 Å². The maximum absolute atomic E-state index is 12.7. The van der Waals surface area contributed by atoms with Crippen LogP contribution in [-0.4, -0.2) is 21.8 Å². The van der Waals surface area contributed by atoms with E-state index in [2.05, 4.69) is 15.8 Å². The third-order valence-corrected chi connectivity index (χ3v) is 3.88. The Balaban J connectivity index is 1.75. The molecule has 0 aliphatic carbocycles. The molecular formula is C16H14N4O. The van der Waals surface area contributed by atoms with E-state index in [0.717, 1.165) is 16.7 Å². The Labute approximate surface area is 122 Å². The largest absolute Gasteiger partial charge is 0.334 e. The van der Waals surface area contributed by atoms with Gasteiger partial charge in [0.15, 0.2) is 6.17 Å². The van der Waals surface area contributed by atoms with Gasteiger partial charge in [-0.25, -0.2) is 10.9 Å².